The van der Waals surface area contributed by atoms with Gasteiger partial charge in [-0.3, -0.25) is 0 Å². The molecule has 0 unspecified atom stereocenters. The summed E-state index contributed by atoms with van der Waals surface area (Å²) >= 11 is 0. The summed E-state index contributed by atoms with van der Waals surface area (Å²) in [7, 11) is 0. The van der Waals surface area contributed by atoms with Crippen LogP contribution < -0.4 is 11.5 Å². The van der Waals surface area contributed by atoms with Crippen LogP contribution in [0.2, 0.25) is 0 Å². The third kappa shape index (κ3) is 2.53. The first kappa shape index (κ1) is 12.1. The molecule has 2 aromatic rings. The molecule has 0 aliphatic carbocycles. The Hall–Kier alpha value is -1.97. The van der Waals surface area contributed by atoms with Crippen LogP contribution in [-0.4, -0.2) is 9.97 Å². The van der Waals surface area contributed by atoms with Gasteiger partial charge in [0.2, 0.25) is 0 Å². The molecule has 0 fully saturated rings. The fourth-order valence-electron chi connectivity index (χ4n) is 1.41. The summed E-state index contributed by atoms with van der Waals surface area (Å²) < 4.78 is 0. The smallest absolute Gasteiger partial charge is 0.198 e. The zero-order valence-corrected chi connectivity index (χ0v) is 9.91. The summed E-state index contributed by atoms with van der Waals surface area (Å²) in [6, 6.07) is 7.55. The molecule has 0 bridgehead atoms. The Balaban J connectivity index is 0.000000606. The molecule has 4 heteroatoms. The average molecular weight is 218 g/mol. The quantitative estimate of drug-likeness (QED) is 0.643. The van der Waals surface area contributed by atoms with Gasteiger partial charge >= 0.3 is 0 Å². The van der Waals surface area contributed by atoms with E-state index in [1.165, 1.54) is 0 Å². The molecule has 0 spiro atoms. The number of aromatic nitrogens is 2. The number of imidazole rings is 1. The van der Waals surface area contributed by atoms with Crippen LogP contribution in [-0.2, 0) is 0 Å². The lowest BCUT2D eigenvalue weighted by Gasteiger charge is -1.98. The van der Waals surface area contributed by atoms with E-state index in [-0.39, 0.29) is 0 Å². The SMILES string of the molecule is CC.Cc1[nH]c(N)nc1-c1ccc(N)cc1. The van der Waals surface area contributed by atoms with E-state index in [1.807, 2.05) is 45.0 Å². The van der Waals surface area contributed by atoms with E-state index in [0.29, 0.717) is 5.95 Å². The number of aromatic amines is 1. The molecule has 0 saturated heterocycles. The lowest BCUT2D eigenvalue weighted by molar-refractivity contribution is 1.26. The van der Waals surface area contributed by atoms with Crippen molar-refractivity contribution in [3.05, 3.63) is 30.0 Å². The molecular formula is C12H18N4. The fourth-order valence-corrected chi connectivity index (χ4v) is 1.41. The average Bonchev–Trinajstić information content (AvgIpc) is 2.62. The summed E-state index contributed by atoms with van der Waals surface area (Å²) in [5.74, 6) is 0.439. The number of nitrogens with one attached hydrogen (secondary N) is 1. The largest absolute Gasteiger partial charge is 0.399 e. The molecule has 0 aliphatic heterocycles. The number of hydrogen-bond donors (Lipinski definition) is 3. The first-order valence-electron chi connectivity index (χ1n) is 5.35. The molecule has 1 aromatic carbocycles. The second-order valence-electron chi connectivity index (χ2n) is 3.22. The van der Waals surface area contributed by atoms with Gasteiger partial charge in [-0.15, -0.1) is 0 Å². The van der Waals surface area contributed by atoms with Crippen LogP contribution in [0.25, 0.3) is 11.3 Å². The molecule has 16 heavy (non-hydrogen) atoms. The molecule has 4 nitrogen and oxygen atoms in total. The van der Waals surface area contributed by atoms with Crippen molar-refractivity contribution in [3.8, 4) is 11.3 Å². The van der Waals surface area contributed by atoms with E-state index in [4.69, 9.17) is 11.5 Å². The van der Waals surface area contributed by atoms with E-state index in [0.717, 1.165) is 22.6 Å². The second-order valence-corrected chi connectivity index (χ2v) is 3.22. The Morgan fingerprint density at radius 2 is 1.62 bits per heavy atom. The van der Waals surface area contributed by atoms with Gasteiger partial charge in [-0.2, -0.15) is 0 Å². The topological polar surface area (TPSA) is 80.7 Å². The van der Waals surface area contributed by atoms with Crippen molar-refractivity contribution in [2.75, 3.05) is 11.5 Å². The summed E-state index contributed by atoms with van der Waals surface area (Å²) in [4.78, 5) is 7.15. The van der Waals surface area contributed by atoms with Crippen LogP contribution >= 0.6 is 0 Å². The maximum atomic E-state index is 5.60. The number of benzene rings is 1. The number of anilines is 2. The van der Waals surface area contributed by atoms with Crippen molar-refractivity contribution in [2.24, 2.45) is 0 Å². The van der Waals surface area contributed by atoms with Gasteiger partial charge in [0.05, 0.1) is 5.69 Å². The normalized spacial score (nSPS) is 9.44. The molecule has 1 aromatic heterocycles. The standard InChI is InChI=1S/C10H12N4.C2H6/c1-6-9(14-10(12)13-6)7-2-4-8(11)5-3-7;1-2/h2-5H,11H2,1H3,(H3,12,13,14);1-2H3. The highest BCUT2D eigenvalue weighted by Crippen LogP contribution is 2.22. The maximum Gasteiger partial charge on any atom is 0.198 e. The van der Waals surface area contributed by atoms with E-state index in [9.17, 15) is 0 Å². The molecule has 0 saturated carbocycles. The summed E-state index contributed by atoms with van der Waals surface area (Å²) in [5.41, 5.74) is 14.8. The second kappa shape index (κ2) is 5.21. The van der Waals surface area contributed by atoms with Crippen LogP contribution in [0, 0.1) is 6.92 Å². The molecule has 1 heterocycles. The Morgan fingerprint density at radius 3 is 2.06 bits per heavy atom. The van der Waals surface area contributed by atoms with Gasteiger partial charge in [0.1, 0.15) is 0 Å². The van der Waals surface area contributed by atoms with E-state index in [2.05, 4.69) is 9.97 Å². The Bertz CT molecular complexity index is 443. The number of aryl methyl sites for hydroxylation is 1. The highest BCUT2D eigenvalue weighted by Gasteiger charge is 2.06. The number of rotatable bonds is 1. The number of hydrogen-bond acceptors (Lipinski definition) is 3. The first-order valence-corrected chi connectivity index (χ1v) is 5.35. The van der Waals surface area contributed by atoms with Crippen LogP contribution in [0.1, 0.15) is 19.5 Å². The predicted molar refractivity (Wildman–Crippen MR) is 68.9 cm³/mol. The van der Waals surface area contributed by atoms with Gasteiger partial charge in [-0.1, -0.05) is 26.0 Å². The first-order chi connectivity index (χ1) is 7.66. The zero-order valence-electron chi connectivity index (χ0n) is 9.91. The third-order valence-corrected chi connectivity index (χ3v) is 2.09. The van der Waals surface area contributed by atoms with Crippen LogP contribution in [0.15, 0.2) is 24.3 Å². The van der Waals surface area contributed by atoms with Crippen LogP contribution in [0.3, 0.4) is 0 Å². The van der Waals surface area contributed by atoms with Crippen LogP contribution in [0.5, 0.6) is 0 Å². The van der Waals surface area contributed by atoms with Gasteiger partial charge in [0.15, 0.2) is 5.95 Å². The predicted octanol–water partition coefficient (Wildman–Crippen LogP) is 2.58. The highest BCUT2D eigenvalue weighted by atomic mass is 15.0. The highest BCUT2D eigenvalue weighted by molar-refractivity contribution is 5.65. The van der Waals surface area contributed by atoms with Gasteiger partial charge in [0, 0.05) is 16.9 Å². The Morgan fingerprint density at radius 1 is 1.06 bits per heavy atom. The van der Waals surface area contributed by atoms with E-state index >= 15 is 0 Å². The lowest BCUT2D eigenvalue weighted by Crippen LogP contribution is -1.86. The summed E-state index contributed by atoms with van der Waals surface area (Å²) in [5, 5.41) is 0. The van der Waals surface area contributed by atoms with Gasteiger partial charge < -0.3 is 16.5 Å². The third-order valence-electron chi connectivity index (χ3n) is 2.09. The minimum Gasteiger partial charge on any atom is -0.399 e. The van der Waals surface area contributed by atoms with Gasteiger partial charge in [-0.25, -0.2) is 4.98 Å². The monoisotopic (exact) mass is 218 g/mol. The number of nitrogens with zero attached hydrogens (tertiary/aromatic N) is 1. The van der Waals surface area contributed by atoms with Gasteiger partial charge in [-0.05, 0) is 19.1 Å². The van der Waals surface area contributed by atoms with E-state index < -0.39 is 0 Å². The fraction of sp³-hybridized carbons (Fsp3) is 0.250. The lowest BCUT2D eigenvalue weighted by atomic mass is 10.1. The Labute approximate surface area is 95.7 Å². The van der Waals surface area contributed by atoms with Gasteiger partial charge in [0.25, 0.3) is 0 Å². The number of H-pyrrole nitrogens is 1. The van der Waals surface area contributed by atoms with Crippen molar-refractivity contribution in [1.29, 1.82) is 0 Å². The van der Waals surface area contributed by atoms with Crippen molar-refractivity contribution >= 4 is 11.6 Å². The molecule has 0 aliphatic rings. The minimum absolute atomic E-state index is 0.439. The molecule has 0 amide bonds. The summed E-state index contributed by atoms with van der Waals surface area (Å²) in [6.07, 6.45) is 0. The molecule has 2 rings (SSSR count). The summed E-state index contributed by atoms with van der Waals surface area (Å²) in [6.45, 7) is 5.94. The Kier molecular flexibility index (Phi) is 3.94. The molecular weight excluding hydrogens is 200 g/mol. The van der Waals surface area contributed by atoms with Crippen molar-refractivity contribution < 1.29 is 0 Å². The number of nitrogens with two attached hydrogens (primary N) is 2. The number of nitrogen functional groups attached to an aromatic ring is 2. The van der Waals surface area contributed by atoms with E-state index in [1.54, 1.807) is 0 Å². The molecule has 0 radical (unpaired) electrons. The van der Waals surface area contributed by atoms with Crippen molar-refractivity contribution in [3.63, 3.8) is 0 Å². The van der Waals surface area contributed by atoms with Crippen LogP contribution in [0.4, 0.5) is 11.6 Å². The maximum absolute atomic E-state index is 5.60. The molecule has 5 N–H and O–H groups in total. The zero-order chi connectivity index (χ0) is 12.1. The minimum atomic E-state index is 0.439. The van der Waals surface area contributed by atoms with Crippen molar-refractivity contribution in [1.82, 2.24) is 9.97 Å². The molecule has 0 atom stereocenters. The molecule has 86 valence electrons. The van der Waals surface area contributed by atoms with Crippen molar-refractivity contribution in [2.45, 2.75) is 20.8 Å².